The molecule has 0 saturated carbocycles. The van der Waals surface area contributed by atoms with Crippen molar-refractivity contribution in [2.24, 2.45) is 0 Å². The monoisotopic (exact) mass is 329 g/mol. The fraction of sp³-hybridized carbons (Fsp3) is 0.400. The molecule has 1 atom stereocenters. The van der Waals surface area contributed by atoms with Gasteiger partial charge in [0.2, 0.25) is 0 Å². The summed E-state index contributed by atoms with van der Waals surface area (Å²) in [7, 11) is 1.64. The van der Waals surface area contributed by atoms with Crippen molar-refractivity contribution in [3.05, 3.63) is 59.2 Å². The number of hydrogen-bond acceptors (Lipinski definition) is 4. The Morgan fingerprint density at radius 3 is 2.54 bits per heavy atom. The lowest BCUT2D eigenvalue weighted by atomic mass is 10.1. The fourth-order valence-electron chi connectivity index (χ4n) is 2.52. The zero-order chi connectivity index (χ0) is 17.5. The van der Waals surface area contributed by atoms with Crippen LogP contribution in [0.2, 0.25) is 0 Å². The molecule has 0 aromatic heterocycles. The second kappa shape index (κ2) is 8.71. The molecule has 0 spiro atoms. The number of nitrogens with one attached hydrogen (secondary N) is 1. The van der Waals surface area contributed by atoms with E-state index in [2.05, 4.69) is 5.32 Å². The SMILES string of the molecule is COc1cc(CNCC(O)c2cccc(C)c2)ccc1OC(C)C. The summed E-state index contributed by atoms with van der Waals surface area (Å²) in [6.45, 7) is 7.15. The fourth-order valence-corrected chi connectivity index (χ4v) is 2.52. The van der Waals surface area contributed by atoms with E-state index in [9.17, 15) is 5.11 Å². The highest BCUT2D eigenvalue weighted by Crippen LogP contribution is 2.29. The summed E-state index contributed by atoms with van der Waals surface area (Å²) >= 11 is 0. The molecule has 4 nitrogen and oxygen atoms in total. The second-order valence-corrected chi connectivity index (χ2v) is 6.21. The van der Waals surface area contributed by atoms with E-state index in [0.717, 1.165) is 28.2 Å². The van der Waals surface area contributed by atoms with Gasteiger partial charge in [0.05, 0.1) is 19.3 Å². The smallest absolute Gasteiger partial charge is 0.161 e. The quantitative estimate of drug-likeness (QED) is 0.777. The summed E-state index contributed by atoms with van der Waals surface area (Å²) in [5, 5.41) is 13.5. The number of aryl methyl sites for hydroxylation is 1. The molecular weight excluding hydrogens is 302 g/mol. The van der Waals surface area contributed by atoms with Crippen LogP contribution < -0.4 is 14.8 Å². The van der Waals surface area contributed by atoms with Crippen LogP contribution in [0.5, 0.6) is 11.5 Å². The molecule has 0 heterocycles. The molecule has 0 amide bonds. The highest BCUT2D eigenvalue weighted by Gasteiger charge is 2.09. The molecule has 24 heavy (non-hydrogen) atoms. The van der Waals surface area contributed by atoms with Crippen LogP contribution in [-0.2, 0) is 6.54 Å². The number of aliphatic hydroxyl groups is 1. The van der Waals surface area contributed by atoms with Gasteiger partial charge in [0.15, 0.2) is 11.5 Å². The van der Waals surface area contributed by atoms with Crippen molar-refractivity contribution in [2.45, 2.75) is 39.5 Å². The van der Waals surface area contributed by atoms with E-state index in [0.29, 0.717) is 13.1 Å². The summed E-state index contributed by atoms with van der Waals surface area (Å²) in [5.74, 6) is 1.47. The van der Waals surface area contributed by atoms with Gasteiger partial charge in [-0.05, 0) is 44.0 Å². The topological polar surface area (TPSA) is 50.7 Å². The van der Waals surface area contributed by atoms with Gasteiger partial charge in [-0.25, -0.2) is 0 Å². The molecular formula is C20H27NO3. The lowest BCUT2D eigenvalue weighted by Gasteiger charge is -2.16. The summed E-state index contributed by atoms with van der Waals surface area (Å²) in [6.07, 6.45) is -0.414. The van der Waals surface area contributed by atoms with Crippen molar-refractivity contribution < 1.29 is 14.6 Å². The third kappa shape index (κ3) is 5.25. The Bertz CT molecular complexity index is 655. The van der Waals surface area contributed by atoms with E-state index in [1.54, 1.807) is 7.11 Å². The van der Waals surface area contributed by atoms with Crippen molar-refractivity contribution >= 4 is 0 Å². The Hall–Kier alpha value is -2.04. The molecule has 0 aliphatic heterocycles. The van der Waals surface area contributed by atoms with Gasteiger partial charge >= 0.3 is 0 Å². The van der Waals surface area contributed by atoms with Gasteiger partial charge in [-0.15, -0.1) is 0 Å². The van der Waals surface area contributed by atoms with E-state index in [1.807, 2.05) is 63.2 Å². The van der Waals surface area contributed by atoms with Gasteiger partial charge in [0.25, 0.3) is 0 Å². The Morgan fingerprint density at radius 2 is 1.88 bits per heavy atom. The van der Waals surface area contributed by atoms with Crippen LogP contribution >= 0.6 is 0 Å². The van der Waals surface area contributed by atoms with E-state index in [4.69, 9.17) is 9.47 Å². The molecule has 0 bridgehead atoms. The molecule has 4 heteroatoms. The summed E-state index contributed by atoms with van der Waals surface area (Å²) in [5.41, 5.74) is 3.16. The summed E-state index contributed by atoms with van der Waals surface area (Å²) in [4.78, 5) is 0. The molecule has 2 N–H and O–H groups in total. The van der Waals surface area contributed by atoms with Crippen LogP contribution in [-0.4, -0.2) is 24.9 Å². The maximum atomic E-state index is 10.3. The highest BCUT2D eigenvalue weighted by atomic mass is 16.5. The lowest BCUT2D eigenvalue weighted by molar-refractivity contribution is 0.174. The Labute approximate surface area is 144 Å². The minimum absolute atomic E-state index is 0.104. The summed E-state index contributed by atoms with van der Waals surface area (Å²) < 4.78 is 11.1. The lowest BCUT2D eigenvalue weighted by Crippen LogP contribution is -2.21. The molecule has 2 aromatic rings. The molecule has 0 fully saturated rings. The largest absolute Gasteiger partial charge is 0.493 e. The third-order valence-electron chi connectivity index (χ3n) is 3.68. The number of ether oxygens (including phenoxy) is 2. The summed E-state index contributed by atoms with van der Waals surface area (Å²) in [6, 6.07) is 13.8. The molecule has 0 saturated heterocycles. The molecule has 2 aromatic carbocycles. The Morgan fingerprint density at radius 1 is 1.08 bits per heavy atom. The predicted molar refractivity (Wildman–Crippen MR) is 96.6 cm³/mol. The van der Waals surface area contributed by atoms with E-state index >= 15 is 0 Å². The number of methoxy groups -OCH3 is 1. The van der Waals surface area contributed by atoms with Crippen molar-refractivity contribution in [3.63, 3.8) is 0 Å². The maximum Gasteiger partial charge on any atom is 0.161 e. The number of hydrogen-bond donors (Lipinski definition) is 2. The van der Waals surface area contributed by atoms with Crippen LogP contribution in [0.4, 0.5) is 0 Å². The normalized spacial score (nSPS) is 12.2. The van der Waals surface area contributed by atoms with Crippen molar-refractivity contribution in [1.29, 1.82) is 0 Å². The molecule has 130 valence electrons. The third-order valence-corrected chi connectivity index (χ3v) is 3.68. The van der Waals surface area contributed by atoms with Gasteiger partial charge in [0.1, 0.15) is 0 Å². The van der Waals surface area contributed by atoms with Crippen LogP contribution in [0, 0.1) is 6.92 Å². The first-order valence-corrected chi connectivity index (χ1v) is 8.28. The van der Waals surface area contributed by atoms with E-state index < -0.39 is 6.10 Å². The molecule has 2 rings (SSSR count). The standard InChI is InChI=1S/C20H27NO3/c1-14(2)24-19-9-8-16(11-20(19)23-4)12-21-13-18(22)17-7-5-6-15(3)10-17/h5-11,14,18,21-22H,12-13H2,1-4H3. The van der Waals surface area contributed by atoms with Gasteiger partial charge in [-0.1, -0.05) is 35.9 Å². The molecule has 1 unspecified atom stereocenters. The maximum absolute atomic E-state index is 10.3. The van der Waals surface area contributed by atoms with Crippen molar-refractivity contribution in [1.82, 2.24) is 5.32 Å². The first-order chi connectivity index (χ1) is 11.5. The van der Waals surface area contributed by atoms with Crippen LogP contribution in [0.1, 0.15) is 36.6 Å². The number of benzene rings is 2. The molecule has 0 radical (unpaired) electrons. The van der Waals surface area contributed by atoms with Gasteiger partial charge in [-0.3, -0.25) is 0 Å². The van der Waals surface area contributed by atoms with Crippen LogP contribution in [0.25, 0.3) is 0 Å². The molecule has 0 aliphatic carbocycles. The van der Waals surface area contributed by atoms with E-state index in [1.165, 1.54) is 0 Å². The van der Waals surface area contributed by atoms with Gasteiger partial charge in [0, 0.05) is 13.1 Å². The minimum Gasteiger partial charge on any atom is -0.493 e. The van der Waals surface area contributed by atoms with Gasteiger partial charge in [-0.2, -0.15) is 0 Å². The number of aliphatic hydroxyl groups excluding tert-OH is 1. The average molecular weight is 329 g/mol. The van der Waals surface area contributed by atoms with Crippen LogP contribution in [0.15, 0.2) is 42.5 Å². The second-order valence-electron chi connectivity index (χ2n) is 6.21. The Balaban J connectivity index is 1.92. The first-order valence-electron chi connectivity index (χ1n) is 8.28. The minimum atomic E-state index is -0.518. The van der Waals surface area contributed by atoms with E-state index in [-0.39, 0.29) is 6.10 Å². The first kappa shape index (κ1) is 18.3. The van der Waals surface area contributed by atoms with Crippen molar-refractivity contribution in [2.75, 3.05) is 13.7 Å². The van der Waals surface area contributed by atoms with Crippen molar-refractivity contribution in [3.8, 4) is 11.5 Å². The zero-order valence-electron chi connectivity index (χ0n) is 14.9. The number of rotatable bonds is 8. The van der Waals surface area contributed by atoms with Crippen LogP contribution in [0.3, 0.4) is 0 Å². The zero-order valence-corrected chi connectivity index (χ0v) is 14.9. The van der Waals surface area contributed by atoms with Gasteiger partial charge < -0.3 is 19.9 Å². The molecule has 0 aliphatic rings. The highest BCUT2D eigenvalue weighted by molar-refractivity contribution is 5.43. The Kier molecular flexibility index (Phi) is 6.64. The predicted octanol–water partition coefficient (Wildman–Crippen LogP) is 3.61. The average Bonchev–Trinajstić information content (AvgIpc) is 2.55.